The van der Waals surface area contributed by atoms with Crippen molar-refractivity contribution < 1.29 is 14.3 Å². The summed E-state index contributed by atoms with van der Waals surface area (Å²) in [5.74, 6) is 0.521. The lowest BCUT2D eigenvalue weighted by atomic mass is 10.1. The number of ether oxygens (including phenoxy) is 2. The van der Waals surface area contributed by atoms with Crippen LogP contribution in [0.1, 0.15) is 26.5 Å². The van der Waals surface area contributed by atoms with Gasteiger partial charge in [0.1, 0.15) is 17.3 Å². The molecule has 3 aromatic rings. The van der Waals surface area contributed by atoms with Crippen LogP contribution < -0.4 is 4.74 Å². The highest BCUT2D eigenvalue weighted by molar-refractivity contribution is 7.99. The minimum Gasteiger partial charge on any atom is -0.481 e. The average molecular weight is 461 g/mol. The van der Waals surface area contributed by atoms with Gasteiger partial charge in [0.15, 0.2) is 0 Å². The minimum atomic E-state index is -0.409. The normalized spacial score (nSPS) is 11.3. The van der Waals surface area contributed by atoms with Gasteiger partial charge in [0.05, 0.1) is 17.8 Å². The summed E-state index contributed by atoms with van der Waals surface area (Å²) in [4.78, 5) is 19.0. The van der Waals surface area contributed by atoms with Crippen LogP contribution in [0.4, 0.5) is 4.79 Å². The van der Waals surface area contributed by atoms with Gasteiger partial charge in [0.25, 0.3) is 0 Å². The Labute approximate surface area is 191 Å². The fourth-order valence-corrected chi connectivity index (χ4v) is 3.71. The maximum Gasteiger partial charge on any atom is 0.410 e. The Morgan fingerprint density at radius 3 is 2.65 bits per heavy atom. The Kier molecular flexibility index (Phi) is 7.12. The molecular formula is C22H25ClN4O3S. The quantitative estimate of drug-likeness (QED) is 0.487. The number of para-hydroxylation sites is 1. The van der Waals surface area contributed by atoms with Crippen LogP contribution in [0.3, 0.4) is 0 Å². The smallest absolute Gasteiger partial charge is 0.410 e. The van der Waals surface area contributed by atoms with Gasteiger partial charge < -0.3 is 14.4 Å². The van der Waals surface area contributed by atoms with E-state index in [1.54, 1.807) is 36.0 Å². The second-order valence-electron chi connectivity index (χ2n) is 7.76. The van der Waals surface area contributed by atoms with Gasteiger partial charge in [-0.15, -0.1) is 0 Å². The molecule has 0 spiro atoms. The van der Waals surface area contributed by atoms with E-state index in [0.717, 1.165) is 15.6 Å². The number of carbonyl (C=O) groups is 1. The first-order chi connectivity index (χ1) is 14.7. The number of amides is 1. The third-order valence-corrected chi connectivity index (χ3v) is 5.88. The van der Waals surface area contributed by atoms with E-state index in [4.69, 9.17) is 21.1 Å². The lowest BCUT2D eigenvalue weighted by Gasteiger charge is -2.30. The average Bonchev–Trinajstić information content (AvgIpc) is 3.13. The van der Waals surface area contributed by atoms with Crippen LogP contribution in [-0.4, -0.2) is 45.5 Å². The van der Waals surface area contributed by atoms with Crippen molar-refractivity contribution in [3.05, 3.63) is 59.4 Å². The highest BCUT2D eigenvalue weighted by atomic mass is 35.5. The molecule has 0 aliphatic rings. The number of hydrogen-bond acceptors (Lipinski definition) is 6. The van der Waals surface area contributed by atoms with E-state index in [1.807, 2.05) is 57.2 Å². The zero-order valence-corrected chi connectivity index (χ0v) is 19.7. The number of halogens is 1. The van der Waals surface area contributed by atoms with Crippen LogP contribution in [0, 0.1) is 0 Å². The molecule has 7 nitrogen and oxygen atoms in total. The molecule has 0 unspecified atom stereocenters. The van der Waals surface area contributed by atoms with Crippen LogP contribution in [-0.2, 0) is 11.3 Å². The number of pyridine rings is 1. The summed E-state index contributed by atoms with van der Waals surface area (Å²) in [6.45, 7) is 5.87. The van der Waals surface area contributed by atoms with Crippen molar-refractivity contribution in [1.82, 2.24) is 19.7 Å². The van der Waals surface area contributed by atoms with Crippen molar-refractivity contribution >= 4 is 29.5 Å². The van der Waals surface area contributed by atoms with E-state index in [0.29, 0.717) is 16.6 Å². The third-order valence-electron chi connectivity index (χ3n) is 4.57. The molecule has 0 radical (unpaired) electrons. The fourth-order valence-electron chi connectivity index (χ4n) is 2.54. The summed E-state index contributed by atoms with van der Waals surface area (Å²) >= 11 is 7.90. The predicted molar refractivity (Wildman–Crippen MR) is 121 cm³/mol. The standard InChI is InChI=1S/C22H25ClN4O3S/c1-22(2,3)26(4)21(28)30-14-15-12-20(31-16-10-11-24-19(13-16)29-5)27(25-15)18-9-7-6-8-17(18)23/h6-13H,14H2,1-5H3. The van der Waals surface area contributed by atoms with E-state index in [9.17, 15) is 4.79 Å². The summed E-state index contributed by atoms with van der Waals surface area (Å²) in [6, 6.07) is 13.1. The van der Waals surface area contributed by atoms with Crippen LogP contribution in [0.2, 0.25) is 5.02 Å². The lowest BCUT2D eigenvalue weighted by Crippen LogP contribution is -2.42. The zero-order valence-electron chi connectivity index (χ0n) is 18.1. The van der Waals surface area contributed by atoms with Crippen molar-refractivity contribution in [2.45, 2.75) is 42.8 Å². The van der Waals surface area contributed by atoms with Crippen molar-refractivity contribution in [3.63, 3.8) is 0 Å². The van der Waals surface area contributed by atoms with Crippen molar-refractivity contribution in [2.75, 3.05) is 14.2 Å². The molecule has 0 atom stereocenters. The maximum absolute atomic E-state index is 12.4. The van der Waals surface area contributed by atoms with Gasteiger partial charge in [-0.1, -0.05) is 35.5 Å². The highest BCUT2D eigenvalue weighted by Crippen LogP contribution is 2.33. The molecule has 0 aliphatic heterocycles. The summed E-state index contributed by atoms with van der Waals surface area (Å²) in [6.07, 6.45) is 1.27. The first-order valence-electron chi connectivity index (χ1n) is 9.61. The van der Waals surface area contributed by atoms with Crippen LogP contribution in [0.15, 0.2) is 58.6 Å². The van der Waals surface area contributed by atoms with E-state index in [1.165, 1.54) is 11.8 Å². The first kappa shape index (κ1) is 23.0. The molecule has 2 aromatic heterocycles. The van der Waals surface area contributed by atoms with Crippen LogP contribution in [0.25, 0.3) is 5.69 Å². The van der Waals surface area contributed by atoms with Gasteiger partial charge in [-0.2, -0.15) is 5.10 Å². The number of aromatic nitrogens is 3. The van der Waals surface area contributed by atoms with Gasteiger partial charge in [0.2, 0.25) is 5.88 Å². The monoisotopic (exact) mass is 460 g/mol. The topological polar surface area (TPSA) is 69.5 Å². The maximum atomic E-state index is 12.4. The van der Waals surface area contributed by atoms with Crippen molar-refractivity contribution in [1.29, 1.82) is 0 Å². The van der Waals surface area contributed by atoms with Crippen LogP contribution >= 0.6 is 23.4 Å². The number of hydrogen-bond donors (Lipinski definition) is 0. The molecule has 0 N–H and O–H groups in total. The number of carbonyl (C=O) groups excluding carboxylic acids is 1. The number of methoxy groups -OCH3 is 1. The van der Waals surface area contributed by atoms with E-state index in [2.05, 4.69) is 10.1 Å². The molecule has 0 saturated heterocycles. The van der Waals surface area contributed by atoms with E-state index in [-0.39, 0.29) is 12.1 Å². The van der Waals surface area contributed by atoms with Crippen molar-refractivity contribution in [2.24, 2.45) is 0 Å². The zero-order chi connectivity index (χ0) is 22.6. The number of benzene rings is 1. The van der Waals surface area contributed by atoms with E-state index >= 15 is 0 Å². The Balaban J connectivity index is 1.89. The Morgan fingerprint density at radius 2 is 1.97 bits per heavy atom. The summed E-state index contributed by atoms with van der Waals surface area (Å²) < 4.78 is 12.4. The molecule has 9 heteroatoms. The van der Waals surface area contributed by atoms with Gasteiger partial charge in [0, 0.05) is 29.7 Å². The molecule has 3 rings (SSSR count). The second kappa shape index (κ2) is 9.62. The SMILES string of the molecule is COc1cc(Sc2cc(COC(=O)N(C)C(C)(C)C)nn2-c2ccccc2Cl)ccn1. The molecule has 31 heavy (non-hydrogen) atoms. The molecule has 0 bridgehead atoms. The predicted octanol–water partition coefficient (Wildman–Crippen LogP) is 5.45. The lowest BCUT2D eigenvalue weighted by molar-refractivity contribution is 0.0749. The molecule has 0 fully saturated rings. The number of rotatable bonds is 6. The Hall–Kier alpha value is -2.71. The Morgan fingerprint density at radius 1 is 1.23 bits per heavy atom. The highest BCUT2D eigenvalue weighted by Gasteiger charge is 2.24. The largest absolute Gasteiger partial charge is 0.481 e. The second-order valence-corrected chi connectivity index (χ2v) is 9.26. The summed E-state index contributed by atoms with van der Waals surface area (Å²) in [7, 11) is 3.29. The summed E-state index contributed by atoms with van der Waals surface area (Å²) in [5.41, 5.74) is 1.01. The van der Waals surface area contributed by atoms with Gasteiger partial charge >= 0.3 is 6.09 Å². The molecular weight excluding hydrogens is 436 g/mol. The molecule has 0 aliphatic carbocycles. The van der Waals surface area contributed by atoms with Crippen molar-refractivity contribution in [3.8, 4) is 11.6 Å². The molecule has 1 aromatic carbocycles. The summed E-state index contributed by atoms with van der Waals surface area (Å²) in [5, 5.41) is 6.02. The van der Waals surface area contributed by atoms with Gasteiger partial charge in [-0.05, 0) is 45.0 Å². The van der Waals surface area contributed by atoms with E-state index < -0.39 is 6.09 Å². The molecule has 1 amide bonds. The minimum absolute atomic E-state index is 0.0456. The molecule has 2 heterocycles. The molecule has 164 valence electrons. The number of nitrogens with zero attached hydrogens (tertiary/aromatic N) is 4. The fraction of sp³-hybridized carbons (Fsp3) is 0.318. The third kappa shape index (κ3) is 5.71. The molecule has 0 saturated carbocycles. The van der Waals surface area contributed by atoms with Gasteiger partial charge in [-0.25, -0.2) is 14.5 Å². The first-order valence-corrected chi connectivity index (χ1v) is 10.8. The van der Waals surface area contributed by atoms with Gasteiger partial charge in [-0.3, -0.25) is 0 Å². The van der Waals surface area contributed by atoms with Crippen LogP contribution in [0.5, 0.6) is 5.88 Å². The Bertz CT molecular complexity index is 1060.